The van der Waals surface area contributed by atoms with E-state index in [9.17, 15) is 18.0 Å². The number of rotatable bonds is 6. The molecule has 7 nitrogen and oxygen atoms in total. The fourth-order valence-corrected chi connectivity index (χ4v) is 4.85. The van der Waals surface area contributed by atoms with Crippen molar-refractivity contribution in [3.05, 3.63) is 54.0 Å². The summed E-state index contributed by atoms with van der Waals surface area (Å²) in [6, 6.07) is 9.37. The molecule has 0 radical (unpaired) electrons. The number of halogens is 3. The van der Waals surface area contributed by atoms with Crippen LogP contribution in [0, 0.1) is 5.92 Å². The van der Waals surface area contributed by atoms with Crippen LogP contribution in [0.25, 0.3) is 0 Å². The van der Waals surface area contributed by atoms with Crippen molar-refractivity contribution in [1.29, 1.82) is 0 Å². The van der Waals surface area contributed by atoms with Gasteiger partial charge in [-0.2, -0.15) is 13.2 Å². The SMILES string of the molecule is [2H]C1([2H])CC(CCOC(=O)N2[C@H](C)CN(c3cnc(C(F)(F)F)cn3)C[C@H]2C)CCN1Cc1ccccc1. The monoisotopic (exact) mass is 507 g/mol. The highest BCUT2D eigenvalue weighted by Gasteiger charge is 2.36. The minimum Gasteiger partial charge on any atom is -0.449 e. The number of likely N-dealkylation sites (tertiary alicyclic amines) is 1. The molecular weight excluding hydrogens is 471 g/mol. The first-order valence-corrected chi connectivity index (χ1v) is 12.3. The Morgan fingerprint density at radius 2 is 1.83 bits per heavy atom. The lowest BCUT2D eigenvalue weighted by atomic mass is 9.93. The van der Waals surface area contributed by atoms with E-state index in [1.165, 1.54) is 0 Å². The fourth-order valence-electron chi connectivity index (χ4n) is 4.85. The molecule has 2 fully saturated rings. The number of alkyl halides is 3. The summed E-state index contributed by atoms with van der Waals surface area (Å²) < 4.78 is 61.0. The molecule has 10 heteroatoms. The van der Waals surface area contributed by atoms with Gasteiger partial charge in [-0.15, -0.1) is 0 Å². The predicted molar refractivity (Wildman–Crippen MR) is 130 cm³/mol. The summed E-state index contributed by atoms with van der Waals surface area (Å²) >= 11 is 0. The van der Waals surface area contributed by atoms with E-state index in [1.807, 2.05) is 54.0 Å². The Morgan fingerprint density at radius 3 is 2.44 bits per heavy atom. The maximum Gasteiger partial charge on any atom is 0.434 e. The highest BCUT2D eigenvalue weighted by atomic mass is 19.4. The molecular formula is C26H34F3N5O2. The van der Waals surface area contributed by atoms with Crippen molar-refractivity contribution in [2.75, 3.05) is 37.6 Å². The van der Waals surface area contributed by atoms with E-state index in [1.54, 1.807) is 4.90 Å². The second-order valence-corrected chi connectivity index (χ2v) is 9.60. The van der Waals surface area contributed by atoms with Crippen molar-refractivity contribution < 1.29 is 25.4 Å². The van der Waals surface area contributed by atoms with Crippen LogP contribution in [0.2, 0.25) is 0 Å². The van der Waals surface area contributed by atoms with Crippen LogP contribution < -0.4 is 4.90 Å². The Morgan fingerprint density at radius 1 is 1.11 bits per heavy atom. The molecule has 3 heterocycles. The highest BCUT2D eigenvalue weighted by Crippen LogP contribution is 2.28. The Labute approximate surface area is 213 Å². The topological polar surface area (TPSA) is 61.8 Å². The molecule has 1 aromatic carbocycles. The average Bonchev–Trinajstić information content (AvgIpc) is 2.85. The molecule has 4 rings (SSSR count). The summed E-state index contributed by atoms with van der Waals surface area (Å²) in [5.41, 5.74) is 0.0389. The number of hydrogen-bond donors (Lipinski definition) is 0. The number of amides is 1. The third-order valence-corrected chi connectivity index (χ3v) is 6.76. The van der Waals surface area contributed by atoms with E-state index in [4.69, 9.17) is 7.48 Å². The van der Waals surface area contributed by atoms with Crippen molar-refractivity contribution in [1.82, 2.24) is 19.8 Å². The van der Waals surface area contributed by atoms with E-state index in [2.05, 4.69) is 9.97 Å². The van der Waals surface area contributed by atoms with Crippen LogP contribution in [0.5, 0.6) is 0 Å². The summed E-state index contributed by atoms with van der Waals surface area (Å²) in [6.07, 6.45) is -1.33. The number of hydrogen-bond acceptors (Lipinski definition) is 6. The summed E-state index contributed by atoms with van der Waals surface area (Å²) in [5.74, 6) is 0.451. The van der Waals surface area contributed by atoms with Gasteiger partial charge in [0.15, 0.2) is 5.69 Å². The van der Waals surface area contributed by atoms with Crippen molar-refractivity contribution in [2.24, 2.45) is 5.92 Å². The molecule has 3 atom stereocenters. The van der Waals surface area contributed by atoms with Gasteiger partial charge < -0.3 is 9.64 Å². The number of benzene rings is 1. The Kier molecular flexibility index (Phi) is 7.48. The summed E-state index contributed by atoms with van der Waals surface area (Å²) in [6.45, 7) is 4.49. The number of piperidine rings is 1. The van der Waals surface area contributed by atoms with Crippen LogP contribution in [-0.4, -0.2) is 70.7 Å². The molecule has 0 saturated carbocycles. The van der Waals surface area contributed by atoms with Crippen LogP contribution in [0.15, 0.2) is 42.7 Å². The summed E-state index contributed by atoms with van der Waals surface area (Å²) in [4.78, 5) is 25.6. The van der Waals surface area contributed by atoms with Crippen LogP contribution in [0.3, 0.4) is 0 Å². The molecule has 1 aromatic heterocycles. The molecule has 1 unspecified atom stereocenters. The largest absolute Gasteiger partial charge is 0.449 e. The van der Waals surface area contributed by atoms with Gasteiger partial charge in [0, 0.05) is 22.4 Å². The van der Waals surface area contributed by atoms with Crippen LogP contribution >= 0.6 is 0 Å². The van der Waals surface area contributed by atoms with E-state index in [0.717, 1.165) is 24.4 Å². The molecule has 2 aliphatic rings. The smallest absolute Gasteiger partial charge is 0.434 e. The van der Waals surface area contributed by atoms with Crippen molar-refractivity contribution in [3.63, 3.8) is 0 Å². The number of nitrogens with zero attached hydrogens (tertiary/aromatic N) is 5. The zero-order valence-corrected chi connectivity index (χ0v) is 20.6. The number of carbonyl (C=O) groups excluding carboxylic acids is 1. The first-order valence-electron chi connectivity index (χ1n) is 13.3. The predicted octanol–water partition coefficient (Wildman–Crippen LogP) is 4.83. The van der Waals surface area contributed by atoms with E-state index < -0.39 is 24.5 Å². The highest BCUT2D eigenvalue weighted by molar-refractivity contribution is 5.69. The summed E-state index contributed by atoms with van der Waals surface area (Å²) in [7, 11) is 0. The van der Waals surface area contributed by atoms with Gasteiger partial charge in [0.2, 0.25) is 0 Å². The first-order chi connectivity index (χ1) is 17.9. The minimum absolute atomic E-state index is 0.120. The first kappa shape index (κ1) is 23.5. The summed E-state index contributed by atoms with van der Waals surface area (Å²) in [5, 5.41) is 0. The van der Waals surface area contributed by atoms with Crippen molar-refractivity contribution in [3.8, 4) is 0 Å². The second kappa shape index (κ2) is 11.5. The Hall–Kier alpha value is -2.88. The van der Waals surface area contributed by atoms with Gasteiger partial charge in [-0.05, 0) is 57.6 Å². The van der Waals surface area contributed by atoms with Gasteiger partial charge in [0.05, 0.1) is 31.1 Å². The zero-order chi connectivity index (χ0) is 27.5. The molecule has 0 spiro atoms. The molecule has 0 aliphatic carbocycles. The normalized spacial score (nSPS) is 25.8. The fraction of sp³-hybridized carbons (Fsp3) is 0.577. The second-order valence-electron chi connectivity index (χ2n) is 9.60. The van der Waals surface area contributed by atoms with Gasteiger partial charge >= 0.3 is 12.3 Å². The third kappa shape index (κ3) is 6.66. The molecule has 2 saturated heterocycles. The standard InChI is InChI=1S/C26H34F3N5O2/c1-19-16-33(24-15-30-23(14-31-24)26(27,28)29)17-20(2)34(19)25(35)36-13-10-21-8-11-32(12-9-21)18-22-6-4-3-5-7-22/h3-7,14-15,19-21H,8-13,16-18H2,1-2H3/t19-,20-/m1/s1/i11D2/t19-,20-,21?. The zero-order valence-electron chi connectivity index (χ0n) is 22.6. The van der Waals surface area contributed by atoms with Crippen molar-refractivity contribution >= 4 is 11.9 Å². The third-order valence-electron chi connectivity index (χ3n) is 6.76. The van der Waals surface area contributed by atoms with E-state index >= 15 is 0 Å². The maximum absolute atomic E-state index is 12.9. The Balaban J connectivity index is 1.24. The van der Waals surface area contributed by atoms with Gasteiger partial charge in [0.1, 0.15) is 5.82 Å². The molecule has 0 N–H and O–H groups in total. The van der Waals surface area contributed by atoms with E-state index in [0.29, 0.717) is 44.8 Å². The van der Waals surface area contributed by atoms with Crippen LogP contribution in [-0.2, 0) is 17.5 Å². The van der Waals surface area contributed by atoms with Gasteiger partial charge in [0.25, 0.3) is 0 Å². The lowest BCUT2D eigenvalue weighted by Gasteiger charge is -2.44. The lowest BCUT2D eigenvalue weighted by molar-refractivity contribution is -0.141. The van der Waals surface area contributed by atoms with Gasteiger partial charge in [-0.1, -0.05) is 30.3 Å². The number of piperazine rings is 1. The minimum atomic E-state index is -4.55. The quantitative estimate of drug-likeness (QED) is 0.558. The maximum atomic E-state index is 12.9. The Bertz CT molecular complexity index is 1060. The molecule has 1 amide bonds. The molecule has 0 bridgehead atoms. The van der Waals surface area contributed by atoms with Crippen molar-refractivity contribution in [2.45, 2.75) is 57.9 Å². The van der Waals surface area contributed by atoms with E-state index in [-0.39, 0.29) is 24.6 Å². The molecule has 2 aliphatic heterocycles. The molecule has 196 valence electrons. The number of aromatic nitrogens is 2. The van der Waals surface area contributed by atoms with Crippen LogP contribution in [0.4, 0.5) is 23.8 Å². The molecule has 2 aromatic rings. The lowest BCUT2D eigenvalue weighted by Crippen LogP contribution is -2.59. The number of carbonyl (C=O) groups is 1. The average molecular weight is 508 g/mol. The molecule has 36 heavy (non-hydrogen) atoms. The number of anilines is 1. The van der Waals surface area contributed by atoms with Gasteiger partial charge in [-0.3, -0.25) is 9.80 Å². The number of ether oxygens (including phenoxy) is 1. The van der Waals surface area contributed by atoms with Crippen LogP contribution in [0.1, 0.15) is 47.1 Å². The van der Waals surface area contributed by atoms with Gasteiger partial charge in [-0.25, -0.2) is 14.8 Å².